The van der Waals surface area contributed by atoms with Crippen LogP contribution < -0.4 is 10.6 Å². The number of hydrogen-bond donors (Lipinski definition) is 2. The summed E-state index contributed by atoms with van der Waals surface area (Å²) >= 11 is 0. The fourth-order valence-electron chi connectivity index (χ4n) is 3.50. The molecule has 2 N–H and O–H groups in total. The van der Waals surface area contributed by atoms with Crippen LogP contribution in [0.3, 0.4) is 0 Å². The molecule has 0 aromatic rings. The Morgan fingerprint density at radius 1 is 0.833 bits per heavy atom. The van der Waals surface area contributed by atoms with E-state index in [1.54, 1.807) is 0 Å². The molecule has 2 rings (SSSR count). The Morgan fingerprint density at radius 2 is 1.22 bits per heavy atom. The molecule has 2 nitrogen and oxygen atoms in total. The molecule has 2 aliphatic rings. The van der Waals surface area contributed by atoms with E-state index in [-0.39, 0.29) is 5.66 Å². The Kier molecular flexibility index (Phi) is 5.25. The second-order valence-corrected chi connectivity index (χ2v) is 6.37. The van der Waals surface area contributed by atoms with Gasteiger partial charge in [0.15, 0.2) is 0 Å². The van der Waals surface area contributed by atoms with Crippen LogP contribution in [0.1, 0.15) is 71.1 Å². The van der Waals surface area contributed by atoms with Crippen molar-refractivity contribution in [1.82, 2.24) is 10.6 Å². The van der Waals surface area contributed by atoms with Crippen LogP contribution in [0.4, 0.5) is 0 Å². The lowest BCUT2D eigenvalue weighted by Crippen LogP contribution is -2.60. The van der Waals surface area contributed by atoms with Crippen molar-refractivity contribution >= 4 is 0 Å². The van der Waals surface area contributed by atoms with Crippen LogP contribution in [0.5, 0.6) is 0 Å². The van der Waals surface area contributed by atoms with E-state index < -0.39 is 0 Å². The molecule has 2 aliphatic carbocycles. The highest BCUT2D eigenvalue weighted by atomic mass is 15.2. The Morgan fingerprint density at radius 3 is 1.56 bits per heavy atom. The van der Waals surface area contributed by atoms with E-state index in [0.717, 1.165) is 0 Å². The van der Waals surface area contributed by atoms with Gasteiger partial charge in [0.1, 0.15) is 0 Å². The molecule has 0 aromatic heterocycles. The van der Waals surface area contributed by atoms with Crippen LogP contribution in [-0.4, -0.2) is 17.7 Å². The maximum absolute atomic E-state index is 4.04. The minimum absolute atomic E-state index is 0.0794. The molecule has 0 spiro atoms. The van der Waals surface area contributed by atoms with Crippen molar-refractivity contribution in [2.45, 2.75) is 88.9 Å². The third kappa shape index (κ3) is 4.10. The third-order valence-electron chi connectivity index (χ3n) is 4.63. The lowest BCUT2D eigenvalue weighted by molar-refractivity contribution is 0.223. The first-order valence-corrected chi connectivity index (χ1v) is 7.91. The summed E-state index contributed by atoms with van der Waals surface area (Å²) in [7, 11) is 0. The van der Waals surface area contributed by atoms with Crippen LogP contribution in [0, 0.1) is 0 Å². The Balaban J connectivity index is 1.85. The van der Waals surface area contributed by atoms with Crippen LogP contribution in [0.15, 0.2) is 12.7 Å². The molecule has 0 saturated heterocycles. The first-order chi connectivity index (χ1) is 8.72. The van der Waals surface area contributed by atoms with Crippen LogP contribution in [0.2, 0.25) is 0 Å². The van der Waals surface area contributed by atoms with Gasteiger partial charge in [0, 0.05) is 12.1 Å². The smallest absolute Gasteiger partial charge is 0.0851 e. The molecule has 0 atom stereocenters. The highest BCUT2D eigenvalue weighted by molar-refractivity contribution is 5.01. The minimum Gasteiger partial charge on any atom is -0.293 e. The van der Waals surface area contributed by atoms with Gasteiger partial charge in [-0.25, -0.2) is 0 Å². The number of rotatable bonds is 5. The molecule has 2 fully saturated rings. The molecule has 0 heterocycles. The summed E-state index contributed by atoms with van der Waals surface area (Å²) in [5.74, 6) is 0. The van der Waals surface area contributed by atoms with Crippen molar-refractivity contribution in [3.05, 3.63) is 12.7 Å². The fraction of sp³-hybridized carbons (Fsp3) is 0.875. The zero-order valence-electron chi connectivity index (χ0n) is 12.0. The van der Waals surface area contributed by atoms with E-state index in [1.165, 1.54) is 64.2 Å². The van der Waals surface area contributed by atoms with Crippen molar-refractivity contribution in [2.24, 2.45) is 0 Å². The highest BCUT2D eigenvalue weighted by Gasteiger charge is 2.28. The molecule has 0 aromatic carbocycles. The van der Waals surface area contributed by atoms with Crippen LogP contribution in [0.25, 0.3) is 0 Å². The Bertz CT molecular complexity index is 230. The van der Waals surface area contributed by atoms with Gasteiger partial charge < -0.3 is 0 Å². The van der Waals surface area contributed by atoms with Gasteiger partial charge in [0.2, 0.25) is 0 Å². The first kappa shape index (κ1) is 14.1. The first-order valence-electron chi connectivity index (χ1n) is 7.91. The van der Waals surface area contributed by atoms with Crippen LogP contribution in [-0.2, 0) is 0 Å². The normalized spacial score (nSPS) is 24.1. The molecular formula is C16H30N2. The van der Waals surface area contributed by atoms with E-state index in [4.69, 9.17) is 0 Å². The molecule has 0 aliphatic heterocycles. The van der Waals surface area contributed by atoms with E-state index in [1.807, 2.05) is 0 Å². The summed E-state index contributed by atoms with van der Waals surface area (Å²) in [6, 6.07) is 1.36. The largest absolute Gasteiger partial charge is 0.293 e. The summed E-state index contributed by atoms with van der Waals surface area (Å²) in [6.07, 6.45) is 15.7. The summed E-state index contributed by atoms with van der Waals surface area (Å²) in [5, 5.41) is 7.60. The van der Waals surface area contributed by atoms with Crippen molar-refractivity contribution < 1.29 is 0 Å². The summed E-state index contributed by atoms with van der Waals surface area (Å²) in [6.45, 7) is 6.29. The van der Waals surface area contributed by atoms with E-state index in [0.29, 0.717) is 12.1 Å². The van der Waals surface area contributed by atoms with Gasteiger partial charge in [-0.15, -0.1) is 0 Å². The average Bonchev–Trinajstić information content (AvgIpc) is 2.41. The molecular weight excluding hydrogens is 220 g/mol. The lowest BCUT2D eigenvalue weighted by atomic mass is 9.92. The molecule has 0 amide bonds. The summed E-state index contributed by atoms with van der Waals surface area (Å²) < 4.78 is 0. The van der Waals surface area contributed by atoms with Crippen molar-refractivity contribution in [3.8, 4) is 0 Å². The van der Waals surface area contributed by atoms with Gasteiger partial charge in [-0.3, -0.25) is 10.6 Å². The van der Waals surface area contributed by atoms with Crippen molar-refractivity contribution in [3.63, 3.8) is 0 Å². The zero-order chi connectivity index (χ0) is 12.8. The predicted octanol–water partition coefficient (Wildman–Crippen LogP) is 3.73. The quantitative estimate of drug-likeness (QED) is 0.574. The minimum atomic E-state index is -0.0794. The summed E-state index contributed by atoms with van der Waals surface area (Å²) in [4.78, 5) is 0. The second kappa shape index (κ2) is 6.72. The van der Waals surface area contributed by atoms with Gasteiger partial charge in [-0.2, -0.15) is 0 Å². The Hall–Kier alpha value is -0.340. The predicted molar refractivity (Wildman–Crippen MR) is 78.6 cm³/mol. The second-order valence-electron chi connectivity index (χ2n) is 6.37. The van der Waals surface area contributed by atoms with Crippen molar-refractivity contribution in [2.75, 3.05) is 0 Å². The fourth-order valence-corrected chi connectivity index (χ4v) is 3.50. The SMILES string of the molecule is C=CC(C)(NC1CCCCC1)NC1CCCCC1. The van der Waals surface area contributed by atoms with Gasteiger partial charge in [0.25, 0.3) is 0 Å². The molecule has 2 heteroatoms. The molecule has 0 bridgehead atoms. The molecule has 104 valence electrons. The number of hydrogen-bond acceptors (Lipinski definition) is 2. The van der Waals surface area contributed by atoms with Crippen LogP contribution >= 0.6 is 0 Å². The molecule has 0 radical (unpaired) electrons. The monoisotopic (exact) mass is 250 g/mol. The standard InChI is InChI=1S/C16H30N2/c1-3-16(2,17-14-10-6-4-7-11-14)18-15-12-8-5-9-13-15/h3,14-15,17-18H,1,4-13H2,2H3. The molecule has 2 saturated carbocycles. The highest BCUT2D eigenvalue weighted by Crippen LogP contribution is 2.22. The maximum Gasteiger partial charge on any atom is 0.0851 e. The van der Waals surface area contributed by atoms with E-state index in [9.17, 15) is 0 Å². The lowest BCUT2D eigenvalue weighted by Gasteiger charge is -2.39. The van der Waals surface area contributed by atoms with Crippen molar-refractivity contribution in [1.29, 1.82) is 0 Å². The van der Waals surface area contributed by atoms with Gasteiger partial charge in [-0.05, 0) is 32.6 Å². The van der Waals surface area contributed by atoms with Gasteiger partial charge >= 0.3 is 0 Å². The number of nitrogens with one attached hydrogen (secondary N) is 2. The Labute approximate surface area is 113 Å². The summed E-state index contributed by atoms with van der Waals surface area (Å²) in [5.41, 5.74) is -0.0794. The van der Waals surface area contributed by atoms with Gasteiger partial charge in [-0.1, -0.05) is 51.2 Å². The zero-order valence-corrected chi connectivity index (χ0v) is 12.0. The molecule has 18 heavy (non-hydrogen) atoms. The maximum atomic E-state index is 4.04. The third-order valence-corrected chi connectivity index (χ3v) is 4.63. The van der Waals surface area contributed by atoms with E-state index in [2.05, 4.69) is 30.2 Å². The molecule has 0 unspecified atom stereocenters. The topological polar surface area (TPSA) is 24.1 Å². The average molecular weight is 250 g/mol. The van der Waals surface area contributed by atoms with Gasteiger partial charge in [0.05, 0.1) is 5.66 Å². The van der Waals surface area contributed by atoms with E-state index >= 15 is 0 Å².